The van der Waals surface area contributed by atoms with Gasteiger partial charge in [-0.1, -0.05) is 36.0 Å². The molecular weight excluding hydrogens is 777 g/mol. The summed E-state index contributed by atoms with van der Waals surface area (Å²) in [4.78, 5) is 53.6. The highest BCUT2D eigenvalue weighted by atomic mass is 32.2. The molecule has 0 fully saturated rings. The first kappa shape index (κ1) is 35.6. The fourth-order valence-corrected chi connectivity index (χ4v) is 12.7. The minimum absolute atomic E-state index is 0.140. The molecule has 260 valence electrons. The second kappa shape index (κ2) is 15.0. The van der Waals surface area contributed by atoms with Crippen molar-refractivity contribution in [3.05, 3.63) is 119 Å². The molecule has 5 heterocycles. The Hall–Kier alpha value is -4.83. The number of hydrogen-bond acceptors (Lipinski definition) is 10. The van der Waals surface area contributed by atoms with Crippen LogP contribution < -0.4 is 0 Å². The van der Waals surface area contributed by atoms with Gasteiger partial charge >= 0.3 is 23.9 Å². The van der Waals surface area contributed by atoms with E-state index in [1.54, 1.807) is 83.0 Å². The maximum absolute atomic E-state index is 11.9. The predicted molar refractivity (Wildman–Crippen MR) is 210 cm³/mol. The highest BCUT2D eigenvalue weighted by molar-refractivity contribution is 8.03. The van der Waals surface area contributed by atoms with Gasteiger partial charge in [0.1, 0.15) is 0 Å². The van der Waals surface area contributed by atoms with Crippen molar-refractivity contribution in [2.45, 2.75) is 21.3 Å². The normalized spacial score (nSPS) is 11.2. The van der Waals surface area contributed by atoms with Crippen LogP contribution in [0.5, 0.6) is 0 Å². The third kappa shape index (κ3) is 7.82. The Morgan fingerprint density at radius 1 is 0.442 bits per heavy atom. The highest BCUT2D eigenvalue weighted by Gasteiger charge is 2.21. The fraction of sp³-hybridized carbons (Fsp3) is 0.0526. The number of carboxylic acids is 4. The summed E-state index contributed by atoms with van der Waals surface area (Å²) in [5, 5.41) is 37.9. The lowest BCUT2D eigenvalue weighted by Gasteiger charge is -1.99. The lowest BCUT2D eigenvalue weighted by Crippen LogP contribution is -1.99. The topological polar surface area (TPSA) is 149 Å². The summed E-state index contributed by atoms with van der Waals surface area (Å²) in [6.07, 6.45) is -0.289. The van der Waals surface area contributed by atoms with Gasteiger partial charge in [-0.25, -0.2) is 9.59 Å². The van der Waals surface area contributed by atoms with Gasteiger partial charge in [0.05, 0.1) is 32.4 Å². The van der Waals surface area contributed by atoms with Crippen molar-refractivity contribution in [2.75, 3.05) is 0 Å². The van der Waals surface area contributed by atoms with Crippen LogP contribution in [0, 0.1) is 0 Å². The first-order chi connectivity index (χ1) is 25.0. The van der Waals surface area contributed by atoms with Gasteiger partial charge in [-0.15, -0.1) is 56.7 Å². The number of rotatable bonds is 13. The minimum Gasteiger partial charge on any atom is -0.481 e. The van der Waals surface area contributed by atoms with Crippen molar-refractivity contribution in [1.29, 1.82) is 0 Å². The molecule has 0 saturated heterocycles. The van der Waals surface area contributed by atoms with Gasteiger partial charge < -0.3 is 20.4 Å². The molecule has 5 aromatic heterocycles. The van der Waals surface area contributed by atoms with E-state index in [2.05, 4.69) is 0 Å². The number of carboxylic acid groups (broad SMARTS) is 4. The molecule has 0 aliphatic carbocycles. The van der Waals surface area contributed by atoms with Crippen LogP contribution in [-0.4, -0.2) is 44.3 Å². The third-order valence-electron chi connectivity index (χ3n) is 7.80. The Labute approximate surface area is 320 Å². The van der Waals surface area contributed by atoms with E-state index >= 15 is 0 Å². The van der Waals surface area contributed by atoms with E-state index in [0.717, 1.165) is 58.6 Å². The molecule has 7 rings (SSSR count). The maximum Gasteiger partial charge on any atom is 0.335 e. The van der Waals surface area contributed by atoms with Crippen molar-refractivity contribution in [2.24, 2.45) is 0 Å². The number of hydrogen-bond donors (Lipinski definition) is 4. The molecule has 8 nitrogen and oxygen atoms in total. The Morgan fingerprint density at radius 3 is 1.46 bits per heavy atom. The number of aliphatic carboxylic acids is 2. The van der Waals surface area contributed by atoms with Crippen molar-refractivity contribution < 1.29 is 39.6 Å². The summed E-state index contributed by atoms with van der Waals surface area (Å²) < 4.78 is 1.95. The zero-order valence-corrected chi connectivity index (χ0v) is 31.4. The first-order valence-corrected chi connectivity index (χ1v) is 20.3. The summed E-state index contributed by atoms with van der Waals surface area (Å²) in [6.45, 7) is 0. The highest BCUT2D eigenvalue weighted by Crippen LogP contribution is 2.49. The molecule has 7 aromatic rings. The SMILES string of the molecule is O=C(O)Cc1cc(Sc2ccc(-c3ccc(C(=O)O)cc3)s2)sc1-c1ccc(-c2sc(-c3ccc(-c4ccc(C(=O)O)cc4)s3)cc2CC(=O)O)s1. The smallest absolute Gasteiger partial charge is 0.335 e. The molecule has 4 N–H and O–H groups in total. The average molecular weight is 801 g/mol. The standard InChI is InChI=1S/C38H24O8S6/c39-31(40)16-23-15-30(27-10-9-25(47-27)19-1-5-21(6-2-19)37(43)44)50-35(23)28-11-12-29(48-28)36-24(17-32(41)42)18-34(52-36)51-33-14-13-26(49-33)20-3-7-22(8-4-20)38(45)46/h1-15,18H,16-17H2,(H,39,40)(H,41,42)(H,43,44)(H,45,46). The predicted octanol–water partition coefficient (Wildman–Crippen LogP) is 11.1. The van der Waals surface area contributed by atoms with Crippen molar-refractivity contribution in [3.63, 3.8) is 0 Å². The molecule has 52 heavy (non-hydrogen) atoms. The monoisotopic (exact) mass is 800 g/mol. The lowest BCUT2D eigenvalue weighted by atomic mass is 10.1. The number of carbonyl (C=O) groups is 4. The van der Waals surface area contributed by atoms with E-state index < -0.39 is 23.9 Å². The van der Waals surface area contributed by atoms with Crippen molar-refractivity contribution in [3.8, 4) is 50.1 Å². The summed E-state index contributed by atoms with van der Waals surface area (Å²) in [6, 6.07) is 29.1. The van der Waals surface area contributed by atoms with Gasteiger partial charge in [0.25, 0.3) is 0 Å². The van der Waals surface area contributed by atoms with Crippen LogP contribution in [0.3, 0.4) is 0 Å². The zero-order chi connectivity index (χ0) is 36.5. The van der Waals surface area contributed by atoms with Crippen LogP contribution in [0.4, 0.5) is 0 Å². The molecule has 2 aromatic carbocycles. The molecule has 0 saturated carbocycles. The van der Waals surface area contributed by atoms with Crippen LogP contribution in [-0.2, 0) is 22.4 Å². The Bertz CT molecular complexity index is 2460. The second-order valence-electron chi connectivity index (χ2n) is 11.3. The molecule has 0 atom stereocenters. The quantitative estimate of drug-likeness (QED) is 0.0894. The molecule has 0 bridgehead atoms. The van der Waals surface area contributed by atoms with Gasteiger partial charge in [0.15, 0.2) is 0 Å². The van der Waals surface area contributed by atoms with Gasteiger partial charge in [-0.2, -0.15) is 0 Å². The van der Waals surface area contributed by atoms with Gasteiger partial charge in [0.2, 0.25) is 0 Å². The number of thiophene rings is 5. The summed E-state index contributed by atoms with van der Waals surface area (Å²) >= 11 is 9.20. The van der Waals surface area contributed by atoms with Crippen molar-refractivity contribution in [1.82, 2.24) is 0 Å². The maximum atomic E-state index is 11.9. The molecule has 0 amide bonds. The summed E-state index contributed by atoms with van der Waals surface area (Å²) in [5.41, 5.74) is 3.64. The van der Waals surface area contributed by atoms with E-state index in [-0.39, 0.29) is 24.0 Å². The van der Waals surface area contributed by atoms with Gasteiger partial charge in [0, 0.05) is 39.0 Å². The van der Waals surface area contributed by atoms with Crippen LogP contribution in [0.25, 0.3) is 50.1 Å². The Morgan fingerprint density at radius 2 is 0.904 bits per heavy atom. The zero-order valence-electron chi connectivity index (χ0n) is 26.5. The van der Waals surface area contributed by atoms with E-state index in [1.807, 2.05) is 48.5 Å². The lowest BCUT2D eigenvalue weighted by molar-refractivity contribution is -0.137. The first-order valence-electron chi connectivity index (χ1n) is 15.4. The Kier molecular flexibility index (Phi) is 10.3. The molecule has 0 aliphatic heterocycles. The summed E-state index contributed by atoms with van der Waals surface area (Å²) in [7, 11) is 0. The summed E-state index contributed by atoms with van der Waals surface area (Å²) in [5.74, 6) is -3.84. The number of aromatic carboxylic acids is 2. The van der Waals surface area contributed by atoms with Gasteiger partial charge in [-0.3, -0.25) is 9.59 Å². The van der Waals surface area contributed by atoms with E-state index in [4.69, 9.17) is 0 Å². The average Bonchev–Trinajstić information content (AvgIpc) is 3.95. The van der Waals surface area contributed by atoms with Crippen LogP contribution in [0.15, 0.2) is 105 Å². The van der Waals surface area contributed by atoms with E-state index in [1.165, 1.54) is 34.0 Å². The van der Waals surface area contributed by atoms with Gasteiger partial charge in [-0.05, 0) is 95.1 Å². The molecule has 0 aliphatic rings. The van der Waals surface area contributed by atoms with Crippen LogP contribution >= 0.6 is 68.4 Å². The largest absolute Gasteiger partial charge is 0.481 e. The third-order valence-corrected chi connectivity index (χ3v) is 15.3. The molecular formula is C38H24O8S6. The molecule has 14 heteroatoms. The fourth-order valence-electron chi connectivity index (χ4n) is 5.40. The second-order valence-corrected chi connectivity index (χ2v) is 18.3. The van der Waals surface area contributed by atoms with Crippen molar-refractivity contribution >= 4 is 92.3 Å². The van der Waals surface area contributed by atoms with Crippen LogP contribution in [0.2, 0.25) is 0 Å². The Balaban J connectivity index is 1.16. The number of benzene rings is 2. The molecule has 0 unspecified atom stereocenters. The molecule has 0 radical (unpaired) electrons. The minimum atomic E-state index is -0.985. The van der Waals surface area contributed by atoms with E-state index in [0.29, 0.717) is 11.1 Å². The molecule has 0 spiro atoms. The van der Waals surface area contributed by atoms with Crippen LogP contribution in [0.1, 0.15) is 31.8 Å². The van der Waals surface area contributed by atoms with E-state index in [9.17, 15) is 39.6 Å².